The van der Waals surface area contributed by atoms with E-state index in [-0.39, 0.29) is 10.9 Å². The zero-order valence-corrected chi connectivity index (χ0v) is 10.4. The van der Waals surface area contributed by atoms with Crippen molar-refractivity contribution in [3.8, 4) is 5.75 Å². The van der Waals surface area contributed by atoms with Gasteiger partial charge in [-0.2, -0.15) is 0 Å². The lowest BCUT2D eigenvalue weighted by Crippen LogP contribution is -2.11. The van der Waals surface area contributed by atoms with Gasteiger partial charge in [0.15, 0.2) is 0 Å². The SMILES string of the molecule is C=CCOc1ccc(F)c(Cl)c1C1CC1NC. The Morgan fingerprint density at radius 1 is 1.65 bits per heavy atom. The monoisotopic (exact) mass is 255 g/mol. The summed E-state index contributed by atoms with van der Waals surface area (Å²) in [6.07, 6.45) is 2.62. The summed E-state index contributed by atoms with van der Waals surface area (Å²) in [6, 6.07) is 3.33. The van der Waals surface area contributed by atoms with Crippen LogP contribution in [0.4, 0.5) is 4.39 Å². The normalized spacial score (nSPS) is 22.3. The second-order valence-corrected chi connectivity index (χ2v) is 4.49. The zero-order chi connectivity index (χ0) is 12.4. The molecular formula is C13H15ClFNO. The summed E-state index contributed by atoms with van der Waals surface area (Å²) >= 11 is 6.03. The smallest absolute Gasteiger partial charge is 0.142 e. The number of ether oxygens (including phenoxy) is 1. The maximum Gasteiger partial charge on any atom is 0.142 e. The summed E-state index contributed by atoms with van der Waals surface area (Å²) < 4.78 is 19.0. The van der Waals surface area contributed by atoms with Crippen LogP contribution < -0.4 is 10.1 Å². The molecule has 1 aliphatic rings. The third kappa shape index (κ3) is 2.45. The molecule has 2 nitrogen and oxygen atoms in total. The average Bonchev–Trinajstić information content (AvgIpc) is 3.09. The number of hydrogen-bond acceptors (Lipinski definition) is 2. The highest BCUT2D eigenvalue weighted by Crippen LogP contribution is 2.48. The maximum absolute atomic E-state index is 13.5. The predicted molar refractivity (Wildman–Crippen MR) is 67.3 cm³/mol. The van der Waals surface area contributed by atoms with Gasteiger partial charge in [0.05, 0.1) is 5.02 Å². The topological polar surface area (TPSA) is 21.3 Å². The molecule has 4 heteroatoms. The fourth-order valence-corrected chi connectivity index (χ4v) is 2.30. The van der Waals surface area contributed by atoms with Crippen LogP contribution in [0.2, 0.25) is 5.02 Å². The highest BCUT2D eigenvalue weighted by atomic mass is 35.5. The van der Waals surface area contributed by atoms with E-state index in [1.54, 1.807) is 12.1 Å². The number of rotatable bonds is 5. The summed E-state index contributed by atoms with van der Waals surface area (Å²) in [6.45, 7) is 3.99. The summed E-state index contributed by atoms with van der Waals surface area (Å²) in [5.74, 6) is 0.497. The standard InChI is InChI=1S/C13H15ClFNO/c1-3-6-17-11-5-4-9(15)13(14)12(11)8-7-10(8)16-2/h3-5,8,10,16H,1,6-7H2,2H3. The van der Waals surface area contributed by atoms with Crippen molar-refractivity contribution in [2.24, 2.45) is 0 Å². The molecule has 2 rings (SSSR count). The fourth-order valence-electron chi connectivity index (χ4n) is 2.00. The van der Waals surface area contributed by atoms with E-state index in [1.165, 1.54) is 6.07 Å². The van der Waals surface area contributed by atoms with Gasteiger partial charge in [0.25, 0.3) is 0 Å². The first kappa shape index (κ1) is 12.4. The highest BCUT2D eigenvalue weighted by molar-refractivity contribution is 6.31. The van der Waals surface area contributed by atoms with Crippen LogP contribution in [0, 0.1) is 5.82 Å². The lowest BCUT2D eigenvalue weighted by molar-refractivity contribution is 0.358. The molecule has 1 N–H and O–H groups in total. The van der Waals surface area contributed by atoms with Gasteiger partial charge in [0.1, 0.15) is 18.2 Å². The summed E-state index contributed by atoms with van der Waals surface area (Å²) in [7, 11) is 1.89. The molecule has 0 amide bonds. The van der Waals surface area contributed by atoms with Gasteiger partial charge in [0.2, 0.25) is 0 Å². The molecule has 1 aromatic carbocycles. The third-order valence-corrected chi connectivity index (χ3v) is 3.37. The Morgan fingerprint density at radius 3 is 3.00 bits per heavy atom. The molecule has 2 atom stereocenters. The highest BCUT2D eigenvalue weighted by Gasteiger charge is 2.40. The Hall–Kier alpha value is -1.06. The molecule has 1 aromatic rings. The number of likely N-dealkylation sites (N-methyl/N-ethyl adjacent to an activating group) is 1. The zero-order valence-electron chi connectivity index (χ0n) is 9.67. The molecule has 1 saturated carbocycles. The quantitative estimate of drug-likeness (QED) is 0.817. The first-order valence-corrected chi connectivity index (χ1v) is 5.95. The van der Waals surface area contributed by atoms with Crippen LogP contribution in [0.3, 0.4) is 0 Å². The van der Waals surface area contributed by atoms with Crippen molar-refractivity contribution in [2.45, 2.75) is 18.4 Å². The van der Waals surface area contributed by atoms with Gasteiger partial charge in [-0.05, 0) is 25.6 Å². The first-order valence-electron chi connectivity index (χ1n) is 5.58. The molecule has 92 valence electrons. The summed E-state index contributed by atoms with van der Waals surface area (Å²) in [5.41, 5.74) is 0.771. The van der Waals surface area contributed by atoms with Crippen LogP contribution in [0.15, 0.2) is 24.8 Å². The Bertz CT molecular complexity index is 436. The molecule has 0 bridgehead atoms. The Morgan fingerprint density at radius 2 is 2.41 bits per heavy atom. The molecule has 0 aromatic heterocycles. The molecule has 0 aliphatic heterocycles. The molecule has 1 aliphatic carbocycles. The van der Waals surface area contributed by atoms with Gasteiger partial charge < -0.3 is 10.1 Å². The Kier molecular flexibility index (Phi) is 3.69. The third-order valence-electron chi connectivity index (χ3n) is 2.98. The second kappa shape index (κ2) is 5.07. The van der Waals surface area contributed by atoms with Gasteiger partial charge in [0, 0.05) is 17.5 Å². The van der Waals surface area contributed by atoms with E-state index >= 15 is 0 Å². The average molecular weight is 256 g/mol. The molecule has 0 heterocycles. The minimum atomic E-state index is -0.394. The van der Waals surface area contributed by atoms with Gasteiger partial charge in [-0.1, -0.05) is 24.3 Å². The first-order chi connectivity index (χ1) is 8.19. The summed E-state index contributed by atoms with van der Waals surface area (Å²) in [4.78, 5) is 0. The van der Waals surface area contributed by atoms with Gasteiger partial charge >= 0.3 is 0 Å². The van der Waals surface area contributed by atoms with Crippen molar-refractivity contribution in [2.75, 3.05) is 13.7 Å². The van der Waals surface area contributed by atoms with E-state index < -0.39 is 5.82 Å². The van der Waals surface area contributed by atoms with E-state index in [1.807, 2.05) is 7.05 Å². The van der Waals surface area contributed by atoms with E-state index in [0.29, 0.717) is 18.4 Å². The number of halogens is 2. The van der Waals surface area contributed by atoms with Crippen molar-refractivity contribution >= 4 is 11.6 Å². The van der Waals surface area contributed by atoms with E-state index in [0.717, 1.165) is 12.0 Å². The van der Waals surface area contributed by atoms with E-state index in [4.69, 9.17) is 16.3 Å². The molecule has 1 fully saturated rings. The maximum atomic E-state index is 13.5. The number of benzene rings is 1. The van der Waals surface area contributed by atoms with Gasteiger partial charge in [-0.15, -0.1) is 0 Å². The number of hydrogen-bond donors (Lipinski definition) is 1. The Labute approximate surface area is 105 Å². The molecule has 0 spiro atoms. The molecule has 0 saturated heterocycles. The molecule has 2 unspecified atom stereocenters. The van der Waals surface area contributed by atoms with E-state index in [2.05, 4.69) is 11.9 Å². The van der Waals surface area contributed by atoms with E-state index in [9.17, 15) is 4.39 Å². The molecular weight excluding hydrogens is 241 g/mol. The minimum Gasteiger partial charge on any atom is -0.489 e. The second-order valence-electron chi connectivity index (χ2n) is 4.11. The largest absolute Gasteiger partial charge is 0.489 e. The van der Waals surface area contributed by atoms with Gasteiger partial charge in [-0.3, -0.25) is 0 Å². The molecule has 17 heavy (non-hydrogen) atoms. The van der Waals surface area contributed by atoms with Crippen LogP contribution in [0.5, 0.6) is 5.75 Å². The summed E-state index contributed by atoms with van der Waals surface area (Å²) in [5, 5.41) is 3.34. The van der Waals surface area contributed by atoms with Gasteiger partial charge in [-0.25, -0.2) is 4.39 Å². The fraction of sp³-hybridized carbons (Fsp3) is 0.385. The van der Waals surface area contributed by atoms with Crippen molar-refractivity contribution in [1.29, 1.82) is 0 Å². The lowest BCUT2D eigenvalue weighted by Gasteiger charge is -2.12. The predicted octanol–water partition coefficient (Wildman–Crippen LogP) is 3.12. The van der Waals surface area contributed by atoms with Crippen LogP contribution >= 0.6 is 11.6 Å². The van der Waals surface area contributed by atoms with Crippen LogP contribution in [-0.2, 0) is 0 Å². The Balaban J connectivity index is 2.32. The van der Waals surface area contributed by atoms with Crippen LogP contribution in [0.25, 0.3) is 0 Å². The lowest BCUT2D eigenvalue weighted by atomic mass is 10.1. The van der Waals surface area contributed by atoms with Crippen LogP contribution in [0.1, 0.15) is 17.9 Å². The number of nitrogens with one attached hydrogen (secondary N) is 1. The minimum absolute atomic E-state index is 0.175. The van der Waals surface area contributed by atoms with Crippen molar-refractivity contribution in [3.63, 3.8) is 0 Å². The van der Waals surface area contributed by atoms with Crippen LogP contribution in [-0.4, -0.2) is 19.7 Å². The molecule has 0 radical (unpaired) electrons. The van der Waals surface area contributed by atoms with Crippen molar-refractivity contribution < 1.29 is 9.13 Å². The van der Waals surface area contributed by atoms with Crippen molar-refractivity contribution in [3.05, 3.63) is 41.2 Å². The van der Waals surface area contributed by atoms with Crippen molar-refractivity contribution in [1.82, 2.24) is 5.32 Å².